The molecule has 4 heteroatoms. The molecular weight excluding hydrogens is 256 g/mol. The average molecular weight is 284 g/mol. The van der Waals surface area contributed by atoms with E-state index in [9.17, 15) is 9.59 Å². The summed E-state index contributed by atoms with van der Waals surface area (Å²) in [7, 11) is 0. The molecule has 20 heavy (non-hydrogen) atoms. The van der Waals surface area contributed by atoms with Gasteiger partial charge < -0.3 is 9.47 Å². The Morgan fingerprint density at radius 2 is 1.40 bits per heavy atom. The van der Waals surface area contributed by atoms with Gasteiger partial charge in [0.2, 0.25) is 0 Å². The van der Waals surface area contributed by atoms with Crippen LogP contribution >= 0.6 is 0 Å². The van der Waals surface area contributed by atoms with Crippen molar-refractivity contribution in [2.45, 2.75) is 65.7 Å². The van der Waals surface area contributed by atoms with Crippen molar-refractivity contribution in [3.8, 4) is 0 Å². The Hall–Kier alpha value is -1.32. The summed E-state index contributed by atoms with van der Waals surface area (Å²) in [5, 5.41) is 0. The molecule has 0 aromatic carbocycles. The second-order valence-electron chi connectivity index (χ2n) is 4.78. The number of esters is 2. The largest absolute Gasteiger partial charge is 0.463 e. The zero-order chi connectivity index (χ0) is 15.2. The molecule has 0 unspecified atom stereocenters. The second kappa shape index (κ2) is 12.7. The molecule has 0 aromatic rings. The molecule has 0 aliphatic heterocycles. The van der Waals surface area contributed by atoms with Gasteiger partial charge in [-0.25, -0.2) is 9.59 Å². The Morgan fingerprint density at radius 1 is 0.850 bits per heavy atom. The molecule has 0 spiro atoms. The number of hydrogen-bond donors (Lipinski definition) is 0. The van der Waals surface area contributed by atoms with Gasteiger partial charge >= 0.3 is 11.9 Å². The zero-order valence-electron chi connectivity index (χ0n) is 13.1. The molecule has 0 rings (SSSR count). The summed E-state index contributed by atoms with van der Waals surface area (Å²) in [5.74, 6) is -0.837. The highest BCUT2D eigenvalue weighted by Crippen LogP contribution is 2.10. The van der Waals surface area contributed by atoms with E-state index in [1.54, 1.807) is 0 Å². The van der Waals surface area contributed by atoms with Crippen molar-refractivity contribution in [2.24, 2.45) is 0 Å². The molecule has 0 aliphatic carbocycles. The first-order valence-electron chi connectivity index (χ1n) is 7.70. The summed E-state index contributed by atoms with van der Waals surface area (Å²) in [6, 6.07) is 0. The third-order valence-corrected chi connectivity index (χ3v) is 2.83. The topological polar surface area (TPSA) is 52.6 Å². The van der Waals surface area contributed by atoms with Gasteiger partial charge in [0.05, 0.1) is 13.2 Å². The lowest BCUT2D eigenvalue weighted by Crippen LogP contribution is -2.12. The van der Waals surface area contributed by atoms with Crippen LogP contribution < -0.4 is 0 Å². The van der Waals surface area contributed by atoms with Crippen molar-refractivity contribution in [2.75, 3.05) is 13.2 Å². The van der Waals surface area contributed by atoms with Crippen LogP contribution in [0.5, 0.6) is 0 Å². The van der Waals surface area contributed by atoms with Gasteiger partial charge in [-0.2, -0.15) is 0 Å². The van der Waals surface area contributed by atoms with Crippen LogP contribution in [0.2, 0.25) is 0 Å². The number of rotatable bonds is 11. The number of carbonyl (C=O) groups is 2. The molecule has 0 atom stereocenters. The van der Waals surface area contributed by atoms with Gasteiger partial charge in [0.1, 0.15) is 0 Å². The minimum absolute atomic E-state index is 0.389. The third kappa shape index (κ3) is 9.59. The molecule has 0 bridgehead atoms. The molecule has 116 valence electrons. The van der Waals surface area contributed by atoms with Gasteiger partial charge in [0.25, 0.3) is 0 Å². The molecule has 0 aromatic heterocycles. The molecule has 0 radical (unpaired) electrons. The summed E-state index contributed by atoms with van der Waals surface area (Å²) in [6.07, 6.45) is 7.29. The molecule has 0 fully saturated rings. The normalized spacial score (nSPS) is 11.2. The minimum Gasteiger partial charge on any atom is -0.463 e. The Labute approximate surface area is 122 Å². The summed E-state index contributed by atoms with van der Waals surface area (Å²) in [4.78, 5) is 23.5. The summed E-state index contributed by atoms with van der Waals surface area (Å²) >= 11 is 0. The van der Waals surface area contributed by atoms with E-state index in [1.807, 2.05) is 20.8 Å². The minimum atomic E-state index is -0.447. The average Bonchev–Trinajstić information content (AvgIpc) is 2.43. The van der Waals surface area contributed by atoms with Gasteiger partial charge in [0, 0.05) is 11.6 Å². The fourth-order valence-corrected chi connectivity index (χ4v) is 1.50. The van der Waals surface area contributed by atoms with Crippen LogP contribution in [0.1, 0.15) is 65.7 Å². The van der Waals surface area contributed by atoms with Gasteiger partial charge in [-0.1, -0.05) is 40.0 Å². The number of ether oxygens (including phenoxy) is 2. The van der Waals surface area contributed by atoms with Crippen LogP contribution in [-0.4, -0.2) is 25.2 Å². The van der Waals surface area contributed by atoms with E-state index in [-0.39, 0.29) is 5.97 Å². The van der Waals surface area contributed by atoms with Crippen LogP contribution in [-0.2, 0) is 19.1 Å². The van der Waals surface area contributed by atoms with Crippen molar-refractivity contribution >= 4 is 11.9 Å². The summed E-state index contributed by atoms with van der Waals surface area (Å²) < 4.78 is 10.2. The maximum absolute atomic E-state index is 11.9. The first-order chi connectivity index (χ1) is 9.65. The van der Waals surface area contributed by atoms with E-state index in [0.717, 1.165) is 38.5 Å². The van der Waals surface area contributed by atoms with Crippen LogP contribution in [0.25, 0.3) is 0 Å². The van der Waals surface area contributed by atoms with Crippen molar-refractivity contribution < 1.29 is 19.1 Å². The smallest absolute Gasteiger partial charge is 0.334 e. The maximum Gasteiger partial charge on any atom is 0.334 e. The molecule has 0 saturated heterocycles. The zero-order valence-corrected chi connectivity index (χ0v) is 13.1. The van der Waals surface area contributed by atoms with E-state index < -0.39 is 5.97 Å². The highest BCUT2D eigenvalue weighted by molar-refractivity contribution is 5.96. The lowest BCUT2D eigenvalue weighted by Gasteiger charge is -2.08. The number of unbranched alkanes of at least 4 members (excludes halogenated alkanes) is 3. The van der Waals surface area contributed by atoms with Gasteiger partial charge in [-0.3, -0.25) is 0 Å². The van der Waals surface area contributed by atoms with Crippen LogP contribution in [0, 0.1) is 0 Å². The number of hydrogen-bond acceptors (Lipinski definition) is 4. The van der Waals surface area contributed by atoms with Gasteiger partial charge in [-0.15, -0.1) is 0 Å². The van der Waals surface area contributed by atoms with Crippen molar-refractivity contribution in [1.29, 1.82) is 0 Å². The third-order valence-electron chi connectivity index (χ3n) is 2.83. The van der Waals surface area contributed by atoms with Gasteiger partial charge in [0.15, 0.2) is 0 Å². The van der Waals surface area contributed by atoms with Gasteiger partial charge in [-0.05, 0) is 25.7 Å². The van der Waals surface area contributed by atoms with E-state index in [2.05, 4.69) is 0 Å². The predicted molar refractivity (Wildman–Crippen MR) is 79.3 cm³/mol. The van der Waals surface area contributed by atoms with Crippen molar-refractivity contribution in [3.05, 3.63) is 11.6 Å². The SMILES string of the molecule is CCCCOC(=O)/C=C(/CCCC)C(=O)OCCCC. The van der Waals surface area contributed by atoms with E-state index in [1.165, 1.54) is 6.08 Å². The molecule has 0 saturated carbocycles. The first kappa shape index (κ1) is 18.7. The Kier molecular flexibility index (Phi) is 11.9. The lowest BCUT2D eigenvalue weighted by atomic mass is 10.1. The van der Waals surface area contributed by atoms with E-state index in [4.69, 9.17) is 9.47 Å². The maximum atomic E-state index is 11.9. The van der Waals surface area contributed by atoms with Crippen LogP contribution in [0.15, 0.2) is 11.6 Å². The summed E-state index contributed by atoms with van der Waals surface area (Å²) in [5.41, 5.74) is 0.421. The highest BCUT2D eigenvalue weighted by Gasteiger charge is 2.13. The monoisotopic (exact) mass is 284 g/mol. The predicted octanol–water partition coefficient (Wildman–Crippen LogP) is 3.79. The van der Waals surface area contributed by atoms with E-state index >= 15 is 0 Å². The molecule has 0 amide bonds. The molecule has 4 nitrogen and oxygen atoms in total. The second-order valence-corrected chi connectivity index (χ2v) is 4.78. The quantitative estimate of drug-likeness (QED) is 0.329. The molecular formula is C16H28O4. The standard InChI is InChI=1S/C16H28O4/c1-4-7-10-14(16(18)20-12-9-6-3)13-15(17)19-11-8-5-2/h13H,4-12H2,1-3H3/b14-13-. The van der Waals surface area contributed by atoms with Crippen LogP contribution in [0.3, 0.4) is 0 Å². The summed E-state index contributed by atoms with van der Waals surface area (Å²) in [6.45, 7) is 6.91. The first-order valence-corrected chi connectivity index (χ1v) is 7.70. The van der Waals surface area contributed by atoms with Crippen molar-refractivity contribution in [3.63, 3.8) is 0 Å². The Bertz CT molecular complexity index is 308. The molecule has 0 aliphatic rings. The van der Waals surface area contributed by atoms with E-state index in [0.29, 0.717) is 25.2 Å². The number of carbonyl (C=O) groups excluding carboxylic acids is 2. The highest BCUT2D eigenvalue weighted by atomic mass is 16.5. The van der Waals surface area contributed by atoms with Crippen molar-refractivity contribution in [1.82, 2.24) is 0 Å². The fraction of sp³-hybridized carbons (Fsp3) is 0.750. The molecule has 0 heterocycles. The Balaban J connectivity index is 4.43. The van der Waals surface area contributed by atoms with Crippen LogP contribution in [0.4, 0.5) is 0 Å². The Morgan fingerprint density at radius 3 is 1.95 bits per heavy atom. The lowest BCUT2D eigenvalue weighted by molar-refractivity contribution is -0.141. The fourth-order valence-electron chi connectivity index (χ4n) is 1.50. The molecule has 0 N–H and O–H groups in total.